The first-order valence-electron chi connectivity index (χ1n) is 7.20. The number of halogens is 1. The summed E-state index contributed by atoms with van der Waals surface area (Å²) in [4.78, 5) is 25.5. The lowest BCUT2D eigenvalue weighted by Gasteiger charge is -2.25. The lowest BCUT2D eigenvalue weighted by Crippen LogP contribution is -2.29. The van der Waals surface area contributed by atoms with Crippen molar-refractivity contribution in [3.8, 4) is 0 Å². The van der Waals surface area contributed by atoms with E-state index in [1.165, 1.54) is 17.8 Å². The van der Waals surface area contributed by atoms with Gasteiger partial charge in [-0.2, -0.15) is 0 Å². The third-order valence-electron chi connectivity index (χ3n) is 3.85. The van der Waals surface area contributed by atoms with Gasteiger partial charge in [0.25, 0.3) is 11.6 Å². The fourth-order valence-corrected chi connectivity index (χ4v) is 3.08. The number of hydrogen-bond donors (Lipinski definition) is 0. The second-order valence-electron chi connectivity index (χ2n) is 5.29. The van der Waals surface area contributed by atoms with Crippen molar-refractivity contribution in [2.45, 2.75) is 17.9 Å². The molecule has 2 aromatic rings. The Hall–Kier alpha value is -2.05. The van der Waals surface area contributed by atoms with Crippen LogP contribution in [-0.2, 0) is 0 Å². The molecule has 0 aliphatic carbocycles. The fraction of sp³-hybridized carbons (Fsp3) is 0.235. The van der Waals surface area contributed by atoms with E-state index in [0.717, 1.165) is 5.56 Å². The molecule has 2 rings (SSSR count). The Morgan fingerprint density at radius 2 is 2.00 bits per heavy atom. The van der Waals surface area contributed by atoms with Crippen LogP contribution >= 0.6 is 23.4 Å². The predicted octanol–water partition coefficient (Wildman–Crippen LogP) is 4.80. The zero-order valence-corrected chi connectivity index (χ0v) is 15.1. The molecule has 0 aliphatic heterocycles. The highest BCUT2D eigenvalue weighted by Crippen LogP contribution is 2.30. The maximum absolute atomic E-state index is 12.7. The van der Waals surface area contributed by atoms with Crippen LogP contribution in [-0.4, -0.2) is 29.0 Å². The van der Waals surface area contributed by atoms with Crippen LogP contribution < -0.4 is 0 Å². The number of nitrogens with zero attached hydrogens (tertiary/aromatic N) is 2. The van der Waals surface area contributed by atoms with E-state index in [4.69, 9.17) is 11.6 Å². The first-order valence-corrected chi connectivity index (χ1v) is 8.80. The molecule has 0 aromatic heterocycles. The molecule has 1 atom stereocenters. The summed E-state index contributed by atoms with van der Waals surface area (Å²) in [5.41, 5.74) is 1.13. The minimum atomic E-state index is -0.469. The van der Waals surface area contributed by atoms with Crippen LogP contribution in [0, 0.1) is 10.1 Å². The Balaban J connectivity index is 2.30. The van der Waals surface area contributed by atoms with Crippen molar-refractivity contribution in [1.82, 2.24) is 4.90 Å². The molecule has 24 heavy (non-hydrogen) atoms. The maximum atomic E-state index is 12.7. The molecule has 7 heteroatoms. The number of carbonyl (C=O) groups is 1. The normalized spacial score (nSPS) is 11.8. The van der Waals surface area contributed by atoms with Gasteiger partial charge >= 0.3 is 0 Å². The summed E-state index contributed by atoms with van der Waals surface area (Å²) >= 11 is 7.27. The van der Waals surface area contributed by atoms with E-state index in [1.54, 1.807) is 42.5 Å². The van der Waals surface area contributed by atoms with Gasteiger partial charge in [-0.15, -0.1) is 11.8 Å². The molecule has 0 aliphatic rings. The number of carbonyl (C=O) groups excluding carboxylic acids is 1. The highest BCUT2D eigenvalue weighted by atomic mass is 35.5. The summed E-state index contributed by atoms with van der Waals surface area (Å²) in [7, 11) is 1.67. The molecule has 0 N–H and O–H groups in total. The number of nitro groups is 1. The van der Waals surface area contributed by atoms with Crippen molar-refractivity contribution in [2.75, 3.05) is 13.3 Å². The summed E-state index contributed by atoms with van der Waals surface area (Å²) in [6.45, 7) is 1.88. The van der Waals surface area contributed by atoms with Crippen LogP contribution in [0.1, 0.15) is 28.9 Å². The largest absolute Gasteiger partial charge is 0.335 e. The summed E-state index contributed by atoms with van der Waals surface area (Å²) in [6.07, 6.45) is 1.76. The van der Waals surface area contributed by atoms with E-state index < -0.39 is 4.92 Å². The minimum Gasteiger partial charge on any atom is -0.335 e. The minimum absolute atomic E-state index is 0.0582. The van der Waals surface area contributed by atoms with E-state index in [0.29, 0.717) is 9.92 Å². The Morgan fingerprint density at radius 3 is 2.58 bits per heavy atom. The summed E-state index contributed by atoms with van der Waals surface area (Å²) in [5.74, 6) is -0.279. The van der Waals surface area contributed by atoms with Gasteiger partial charge in [-0.25, -0.2) is 0 Å². The highest BCUT2D eigenvalue weighted by molar-refractivity contribution is 7.98. The van der Waals surface area contributed by atoms with Crippen LogP contribution in [0.4, 0.5) is 5.69 Å². The van der Waals surface area contributed by atoms with E-state index in [1.807, 2.05) is 19.1 Å². The average molecular weight is 365 g/mol. The van der Waals surface area contributed by atoms with Gasteiger partial charge in [0, 0.05) is 23.7 Å². The summed E-state index contributed by atoms with van der Waals surface area (Å²) < 4.78 is 0. The van der Waals surface area contributed by atoms with Crippen molar-refractivity contribution in [2.24, 2.45) is 0 Å². The maximum Gasteiger partial charge on any atom is 0.283 e. The molecule has 1 amide bonds. The molecule has 0 spiro atoms. The van der Waals surface area contributed by atoms with E-state index in [9.17, 15) is 14.9 Å². The number of benzene rings is 2. The molecule has 2 aromatic carbocycles. The number of nitro benzene ring substituents is 1. The zero-order chi connectivity index (χ0) is 17.9. The van der Waals surface area contributed by atoms with Gasteiger partial charge in [0.05, 0.1) is 15.9 Å². The molecule has 0 heterocycles. The molecular weight excluding hydrogens is 348 g/mol. The summed E-state index contributed by atoms with van der Waals surface area (Å²) in [6, 6.07) is 11.6. The zero-order valence-electron chi connectivity index (χ0n) is 13.5. The van der Waals surface area contributed by atoms with Crippen LogP contribution in [0.15, 0.2) is 47.4 Å². The molecule has 5 nitrogen and oxygen atoms in total. The van der Waals surface area contributed by atoms with Gasteiger partial charge in [-0.3, -0.25) is 14.9 Å². The quantitative estimate of drug-likeness (QED) is 0.434. The topological polar surface area (TPSA) is 63.5 Å². The van der Waals surface area contributed by atoms with Crippen molar-refractivity contribution in [3.63, 3.8) is 0 Å². The van der Waals surface area contributed by atoms with Gasteiger partial charge in [0.2, 0.25) is 0 Å². The summed E-state index contributed by atoms with van der Waals surface area (Å²) in [5, 5.41) is 11.8. The van der Waals surface area contributed by atoms with Crippen LogP contribution in [0.5, 0.6) is 0 Å². The van der Waals surface area contributed by atoms with E-state index in [2.05, 4.69) is 0 Å². The molecule has 0 fully saturated rings. The molecule has 0 radical (unpaired) electrons. The Labute approximate surface area is 149 Å². The van der Waals surface area contributed by atoms with Gasteiger partial charge in [-0.05, 0) is 43.0 Å². The fourth-order valence-electron chi connectivity index (χ4n) is 2.34. The van der Waals surface area contributed by atoms with E-state index in [-0.39, 0.29) is 23.2 Å². The molecule has 0 bridgehead atoms. The van der Waals surface area contributed by atoms with Crippen molar-refractivity contribution in [1.29, 1.82) is 0 Å². The van der Waals surface area contributed by atoms with Gasteiger partial charge in [-0.1, -0.05) is 23.7 Å². The standard InChI is InChI=1S/C17H17ClN2O3S/c1-11(12-5-4-6-14(18)9-12)19(2)17(21)13-7-8-16(24-3)15(10-13)20(22)23/h4-11H,1-3H3. The van der Waals surface area contributed by atoms with Crippen LogP contribution in [0.2, 0.25) is 5.02 Å². The molecule has 0 saturated carbocycles. The Morgan fingerprint density at radius 1 is 1.29 bits per heavy atom. The lowest BCUT2D eigenvalue weighted by molar-refractivity contribution is -0.387. The third kappa shape index (κ3) is 3.88. The SMILES string of the molecule is CSc1ccc(C(=O)N(C)C(C)c2cccc(Cl)c2)cc1[N+](=O)[O-]. The number of hydrogen-bond acceptors (Lipinski definition) is 4. The lowest BCUT2D eigenvalue weighted by atomic mass is 10.1. The van der Waals surface area contributed by atoms with Gasteiger partial charge in [0.15, 0.2) is 0 Å². The molecular formula is C17H17ClN2O3S. The second kappa shape index (κ2) is 7.68. The first-order chi connectivity index (χ1) is 11.3. The Kier molecular flexibility index (Phi) is 5.85. The van der Waals surface area contributed by atoms with Gasteiger partial charge < -0.3 is 4.90 Å². The number of rotatable bonds is 5. The molecule has 126 valence electrons. The van der Waals surface area contributed by atoms with Crippen molar-refractivity contribution < 1.29 is 9.72 Å². The molecule has 0 saturated heterocycles. The second-order valence-corrected chi connectivity index (χ2v) is 6.58. The highest BCUT2D eigenvalue weighted by Gasteiger charge is 2.22. The van der Waals surface area contributed by atoms with Crippen LogP contribution in [0.25, 0.3) is 0 Å². The van der Waals surface area contributed by atoms with Gasteiger partial charge in [0.1, 0.15) is 0 Å². The van der Waals surface area contributed by atoms with Crippen LogP contribution in [0.3, 0.4) is 0 Å². The smallest absolute Gasteiger partial charge is 0.283 e. The van der Waals surface area contributed by atoms with E-state index >= 15 is 0 Å². The first kappa shape index (κ1) is 18.3. The monoisotopic (exact) mass is 364 g/mol. The predicted molar refractivity (Wildman–Crippen MR) is 96.8 cm³/mol. The number of thioether (sulfide) groups is 1. The average Bonchev–Trinajstić information content (AvgIpc) is 2.59. The van der Waals surface area contributed by atoms with Crippen molar-refractivity contribution in [3.05, 3.63) is 68.7 Å². The molecule has 1 unspecified atom stereocenters. The third-order valence-corrected chi connectivity index (χ3v) is 4.88. The number of amides is 1. The Bertz CT molecular complexity index is 782. The van der Waals surface area contributed by atoms with Crippen molar-refractivity contribution >= 4 is 35.0 Å².